The van der Waals surface area contributed by atoms with Crippen LogP contribution in [-0.4, -0.2) is 9.97 Å². The number of hydrazine groups is 1. The van der Waals surface area contributed by atoms with Gasteiger partial charge in [0.15, 0.2) is 0 Å². The summed E-state index contributed by atoms with van der Waals surface area (Å²) in [5, 5.41) is 3.27. The minimum atomic E-state index is 0.420. The van der Waals surface area contributed by atoms with Gasteiger partial charge in [0.1, 0.15) is 5.82 Å². The number of aromatic nitrogens is 2. The van der Waals surface area contributed by atoms with Crippen molar-refractivity contribution in [1.82, 2.24) is 9.97 Å². The van der Waals surface area contributed by atoms with E-state index in [1.807, 2.05) is 13.0 Å². The fraction of sp³-hybridized carbons (Fsp3) is 0.286. The number of nitrogen functional groups attached to an aromatic ring is 1. The second kappa shape index (κ2) is 6.15. The van der Waals surface area contributed by atoms with Gasteiger partial charge in [-0.2, -0.15) is 4.98 Å². The molecule has 1 heterocycles. The number of benzene rings is 1. The van der Waals surface area contributed by atoms with E-state index in [4.69, 9.17) is 5.84 Å². The highest BCUT2D eigenvalue weighted by atomic mass is 15.3. The first-order valence-corrected chi connectivity index (χ1v) is 6.35. The van der Waals surface area contributed by atoms with Crippen molar-refractivity contribution < 1.29 is 0 Å². The molecule has 0 saturated heterocycles. The van der Waals surface area contributed by atoms with Crippen molar-refractivity contribution in [2.24, 2.45) is 5.84 Å². The molecule has 1 aromatic heterocycles. The van der Waals surface area contributed by atoms with Crippen molar-refractivity contribution in [3.8, 4) is 0 Å². The van der Waals surface area contributed by atoms with Crippen molar-refractivity contribution >= 4 is 11.8 Å². The number of hydrogen-bond acceptors (Lipinski definition) is 5. The van der Waals surface area contributed by atoms with Crippen LogP contribution in [0.5, 0.6) is 0 Å². The first kappa shape index (κ1) is 13.3. The zero-order valence-corrected chi connectivity index (χ0v) is 11.3. The minimum Gasteiger partial charge on any atom is -0.366 e. The highest BCUT2D eigenvalue weighted by Crippen LogP contribution is 2.11. The van der Waals surface area contributed by atoms with Gasteiger partial charge in [-0.15, -0.1) is 0 Å². The normalized spacial score (nSPS) is 10.3. The number of rotatable bonds is 5. The molecule has 0 radical (unpaired) electrons. The van der Waals surface area contributed by atoms with Crippen LogP contribution in [0, 0.1) is 6.92 Å². The molecule has 2 aromatic rings. The second-order valence-electron chi connectivity index (χ2n) is 4.39. The van der Waals surface area contributed by atoms with Gasteiger partial charge in [0.25, 0.3) is 0 Å². The van der Waals surface area contributed by atoms with Crippen LogP contribution in [0.4, 0.5) is 11.8 Å². The predicted octanol–water partition coefficient (Wildman–Crippen LogP) is 2.25. The fourth-order valence-electron chi connectivity index (χ4n) is 1.81. The topological polar surface area (TPSA) is 75.9 Å². The van der Waals surface area contributed by atoms with Crippen LogP contribution < -0.4 is 16.6 Å². The molecule has 0 aliphatic carbocycles. The quantitative estimate of drug-likeness (QED) is 0.566. The molecule has 0 aliphatic heterocycles. The Hall–Kier alpha value is -2.14. The van der Waals surface area contributed by atoms with E-state index in [9.17, 15) is 0 Å². The summed E-state index contributed by atoms with van der Waals surface area (Å²) in [5.74, 6) is 6.51. The van der Waals surface area contributed by atoms with Crippen molar-refractivity contribution in [3.63, 3.8) is 0 Å². The van der Waals surface area contributed by atoms with Gasteiger partial charge < -0.3 is 5.32 Å². The summed E-state index contributed by atoms with van der Waals surface area (Å²) in [5.41, 5.74) is 5.89. The molecular formula is C14H19N5. The van der Waals surface area contributed by atoms with E-state index >= 15 is 0 Å². The molecule has 0 unspecified atom stereocenters. The monoisotopic (exact) mass is 257 g/mol. The molecule has 4 N–H and O–H groups in total. The van der Waals surface area contributed by atoms with E-state index in [-0.39, 0.29) is 0 Å². The Morgan fingerprint density at radius 1 is 1.11 bits per heavy atom. The summed E-state index contributed by atoms with van der Waals surface area (Å²) in [7, 11) is 0. The summed E-state index contributed by atoms with van der Waals surface area (Å²) in [4.78, 5) is 8.39. The van der Waals surface area contributed by atoms with Crippen LogP contribution in [-0.2, 0) is 13.0 Å². The van der Waals surface area contributed by atoms with Crippen LogP contribution in [0.15, 0.2) is 30.3 Å². The molecule has 19 heavy (non-hydrogen) atoms. The standard InChI is InChI=1S/C14H19N5/c1-3-11-4-6-12(7-5-11)9-16-13-8-10(2)17-14(18-13)19-15/h4-8H,3,9,15H2,1-2H3,(H2,16,17,18,19). The third kappa shape index (κ3) is 3.66. The number of aryl methyl sites for hydroxylation is 2. The summed E-state index contributed by atoms with van der Waals surface area (Å²) >= 11 is 0. The molecule has 5 nitrogen and oxygen atoms in total. The van der Waals surface area contributed by atoms with Gasteiger partial charge in [-0.3, -0.25) is 5.43 Å². The molecule has 0 atom stereocenters. The van der Waals surface area contributed by atoms with Crippen LogP contribution in [0.1, 0.15) is 23.7 Å². The van der Waals surface area contributed by atoms with Crippen molar-refractivity contribution in [2.45, 2.75) is 26.8 Å². The lowest BCUT2D eigenvalue weighted by Gasteiger charge is -2.08. The zero-order valence-electron chi connectivity index (χ0n) is 11.3. The Morgan fingerprint density at radius 3 is 2.42 bits per heavy atom. The summed E-state index contributed by atoms with van der Waals surface area (Å²) in [6.07, 6.45) is 1.06. The number of nitrogens with zero attached hydrogens (tertiary/aromatic N) is 2. The maximum atomic E-state index is 5.32. The maximum absolute atomic E-state index is 5.32. The molecule has 2 rings (SSSR count). The summed E-state index contributed by atoms with van der Waals surface area (Å²) < 4.78 is 0. The van der Waals surface area contributed by atoms with E-state index in [1.54, 1.807) is 0 Å². The molecule has 0 amide bonds. The highest BCUT2D eigenvalue weighted by molar-refractivity contribution is 5.42. The van der Waals surface area contributed by atoms with Gasteiger partial charge in [0.05, 0.1) is 0 Å². The maximum Gasteiger partial charge on any atom is 0.239 e. The van der Waals surface area contributed by atoms with E-state index in [1.165, 1.54) is 11.1 Å². The van der Waals surface area contributed by atoms with Gasteiger partial charge in [-0.1, -0.05) is 31.2 Å². The summed E-state index contributed by atoms with van der Waals surface area (Å²) in [6.45, 7) is 4.78. The highest BCUT2D eigenvalue weighted by Gasteiger charge is 2.01. The van der Waals surface area contributed by atoms with Crippen LogP contribution in [0.25, 0.3) is 0 Å². The zero-order chi connectivity index (χ0) is 13.7. The van der Waals surface area contributed by atoms with E-state index < -0.39 is 0 Å². The SMILES string of the molecule is CCc1ccc(CNc2cc(C)nc(NN)n2)cc1. The third-order valence-corrected chi connectivity index (χ3v) is 2.89. The lowest BCUT2D eigenvalue weighted by molar-refractivity contribution is 1.04. The average molecular weight is 257 g/mol. The van der Waals surface area contributed by atoms with Gasteiger partial charge in [0.2, 0.25) is 5.95 Å². The molecule has 0 fully saturated rings. The number of anilines is 2. The number of nitrogens with one attached hydrogen (secondary N) is 2. The van der Waals surface area contributed by atoms with Gasteiger partial charge in [0, 0.05) is 18.3 Å². The molecule has 0 saturated carbocycles. The summed E-state index contributed by atoms with van der Waals surface area (Å²) in [6, 6.07) is 10.4. The predicted molar refractivity (Wildman–Crippen MR) is 77.7 cm³/mol. The van der Waals surface area contributed by atoms with Crippen LogP contribution >= 0.6 is 0 Å². The van der Waals surface area contributed by atoms with Crippen molar-refractivity contribution in [3.05, 3.63) is 47.2 Å². The minimum absolute atomic E-state index is 0.420. The van der Waals surface area contributed by atoms with Gasteiger partial charge >= 0.3 is 0 Å². The Kier molecular flexibility index (Phi) is 4.30. The molecular weight excluding hydrogens is 238 g/mol. The third-order valence-electron chi connectivity index (χ3n) is 2.89. The second-order valence-corrected chi connectivity index (χ2v) is 4.39. The molecule has 100 valence electrons. The largest absolute Gasteiger partial charge is 0.366 e. The first-order valence-electron chi connectivity index (χ1n) is 6.35. The fourth-order valence-corrected chi connectivity index (χ4v) is 1.81. The average Bonchev–Trinajstić information content (AvgIpc) is 2.45. The van der Waals surface area contributed by atoms with Crippen molar-refractivity contribution in [2.75, 3.05) is 10.7 Å². The molecule has 0 aliphatic rings. The van der Waals surface area contributed by atoms with Crippen LogP contribution in [0.2, 0.25) is 0 Å². The number of hydrogen-bond donors (Lipinski definition) is 3. The van der Waals surface area contributed by atoms with E-state index in [2.05, 4.69) is 51.9 Å². The Balaban J connectivity index is 2.03. The Bertz CT molecular complexity index is 536. The lowest BCUT2D eigenvalue weighted by atomic mass is 10.1. The Labute approximate surface area is 113 Å². The van der Waals surface area contributed by atoms with Gasteiger partial charge in [-0.05, 0) is 24.5 Å². The lowest BCUT2D eigenvalue weighted by Crippen LogP contribution is -2.12. The van der Waals surface area contributed by atoms with E-state index in [0.29, 0.717) is 5.95 Å². The smallest absolute Gasteiger partial charge is 0.239 e. The van der Waals surface area contributed by atoms with Gasteiger partial charge in [-0.25, -0.2) is 10.8 Å². The molecule has 0 bridgehead atoms. The van der Waals surface area contributed by atoms with Crippen LogP contribution in [0.3, 0.4) is 0 Å². The Morgan fingerprint density at radius 2 is 1.79 bits per heavy atom. The molecule has 5 heteroatoms. The molecule has 1 aromatic carbocycles. The molecule has 0 spiro atoms. The number of nitrogens with two attached hydrogens (primary N) is 1. The van der Waals surface area contributed by atoms with E-state index in [0.717, 1.165) is 24.5 Å². The van der Waals surface area contributed by atoms with Crippen molar-refractivity contribution in [1.29, 1.82) is 0 Å². The first-order chi connectivity index (χ1) is 9.21.